The molecule has 1 rings (SSSR count). The molecule has 0 aromatic rings. The van der Waals surface area contributed by atoms with Gasteiger partial charge in [-0.1, -0.05) is 38.5 Å². The first-order chi connectivity index (χ1) is 12.9. The molecule has 0 saturated carbocycles. The Morgan fingerprint density at radius 1 is 0.778 bits per heavy atom. The minimum Gasteiger partial charge on any atom is -0.489 e. The summed E-state index contributed by atoms with van der Waals surface area (Å²) in [5.74, 6) is -0.598. The fourth-order valence-corrected chi connectivity index (χ4v) is 3.13. The summed E-state index contributed by atoms with van der Waals surface area (Å²) >= 11 is 0. The fourth-order valence-electron chi connectivity index (χ4n) is 3.13. The number of carbonyl (C=O) groups is 2. The largest absolute Gasteiger partial charge is 0.489 e. The van der Waals surface area contributed by atoms with E-state index in [9.17, 15) is 18.4 Å². The van der Waals surface area contributed by atoms with Crippen molar-refractivity contribution in [1.82, 2.24) is 0 Å². The first-order valence-electron chi connectivity index (χ1n) is 9.45. The summed E-state index contributed by atoms with van der Waals surface area (Å²) in [6.45, 7) is -0.910. The van der Waals surface area contributed by atoms with Crippen molar-refractivity contribution in [1.29, 1.82) is 0 Å². The van der Waals surface area contributed by atoms with E-state index in [1.807, 2.05) is 0 Å². The third kappa shape index (κ3) is 7.40. The van der Waals surface area contributed by atoms with E-state index in [1.165, 1.54) is 14.2 Å². The van der Waals surface area contributed by atoms with Gasteiger partial charge < -0.3 is 14.2 Å². The molecule has 0 radical (unpaired) electrons. The molecule has 0 saturated heterocycles. The Bertz CT molecular complexity index is 567. The zero-order valence-electron chi connectivity index (χ0n) is 16.4. The number of hydrogen-bond acceptors (Lipinski definition) is 5. The highest BCUT2D eigenvalue weighted by molar-refractivity contribution is 6.23. The summed E-state index contributed by atoms with van der Waals surface area (Å²) < 4.78 is 37.9. The predicted molar refractivity (Wildman–Crippen MR) is 97.3 cm³/mol. The van der Waals surface area contributed by atoms with Crippen LogP contribution in [-0.4, -0.2) is 39.0 Å². The molecule has 1 aliphatic rings. The number of unbranched alkanes of at least 4 members (excludes halogenated alkanes) is 7. The van der Waals surface area contributed by atoms with Crippen LogP contribution in [0.1, 0.15) is 64.7 Å². The Balaban J connectivity index is 2.24. The van der Waals surface area contributed by atoms with Gasteiger partial charge >= 0.3 is 6.61 Å². The van der Waals surface area contributed by atoms with Crippen LogP contribution in [-0.2, 0) is 23.8 Å². The second kappa shape index (κ2) is 12.6. The van der Waals surface area contributed by atoms with E-state index in [0.717, 1.165) is 44.9 Å². The Hall–Kier alpha value is -1.76. The van der Waals surface area contributed by atoms with E-state index in [1.54, 1.807) is 6.92 Å². The van der Waals surface area contributed by atoms with Gasteiger partial charge in [0.15, 0.2) is 0 Å². The van der Waals surface area contributed by atoms with Gasteiger partial charge in [0.1, 0.15) is 0 Å². The zero-order chi connectivity index (χ0) is 20.2. The summed E-state index contributed by atoms with van der Waals surface area (Å²) in [7, 11) is 2.71. The Kier molecular flexibility index (Phi) is 10.9. The molecule has 0 amide bonds. The summed E-state index contributed by atoms with van der Waals surface area (Å²) in [6, 6.07) is 0. The number of alkyl halides is 2. The Morgan fingerprint density at radius 2 is 1.26 bits per heavy atom. The van der Waals surface area contributed by atoms with Gasteiger partial charge in [-0.05, 0) is 26.2 Å². The minimum absolute atomic E-state index is 0.0149. The van der Waals surface area contributed by atoms with Gasteiger partial charge in [0, 0.05) is 11.1 Å². The second-order valence-corrected chi connectivity index (χ2v) is 6.54. The lowest BCUT2D eigenvalue weighted by Gasteiger charge is -2.20. The molecule has 0 aromatic heterocycles. The van der Waals surface area contributed by atoms with Crippen LogP contribution in [0, 0.1) is 0 Å². The van der Waals surface area contributed by atoms with E-state index >= 15 is 0 Å². The van der Waals surface area contributed by atoms with Crippen molar-refractivity contribution in [3.8, 4) is 0 Å². The highest BCUT2D eigenvalue weighted by atomic mass is 19.3. The molecule has 0 fully saturated rings. The summed E-state index contributed by atoms with van der Waals surface area (Å²) in [5, 5.41) is 0. The Morgan fingerprint density at radius 3 is 1.78 bits per heavy atom. The van der Waals surface area contributed by atoms with Gasteiger partial charge in [-0.3, -0.25) is 9.59 Å². The molecule has 27 heavy (non-hydrogen) atoms. The number of carbonyl (C=O) groups excluding carboxylic acids is 2. The number of methoxy groups -OCH3 is 2. The monoisotopic (exact) mass is 388 g/mol. The summed E-state index contributed by atoms with van der Waals surface area (Å²) in [4.78, 5) is 24.8. The SMILES string of the molecule is COC1=C(OC)C(=O)C(CCCCCCCCCCOC(F)F)=C(C)C1=O. The third-order valence-corrected chi connectivity index (χ3v) is 4.66. The molecule has 1 aliphatic carbocycles. The van der Waals surface area contributed by atoms with Gasteiger partial charge in [0.05, 0.1) is 20.8 Å². The van der Waals surface area contributed by atoms with Crippen LogP contribution in [0.15, 0.2) is 22.7 Å². The van der Waals surface area contributed by atoms with Gasteiger partial charge in [0.2, 0.25) is 23.1 Å². The molecule has 0 aromatic carbocycles. The normalized spacial score (nSPS) is 15.2. The maximum atomic E-state index is 12.5. The number of rotatable bonds is 14. The van der Waals surface area contributed by atoms with Gasteiger partial charge in [-0.2, -0.15) is 8.78 Å². The number of ether oxygens (including phenoxy) is 3. The van der Waals surface area contributed by atoms with Crippen LogP contribution in [0.5, 0.6) is 0 Å². The molecule has 5 nitrogen and oxygen atoms in total. The molecule has 0 spiro atoms. The van der Waals surface area contributed by atoms with Crippen LogP contribution in [0.25, 0.3) is 0 Å². The number of ketones is 2. The number of allylic oxidation sites excluding steroid dienone is 2. The standard InChI is InChI=1S/C20H30F2O5/c1-14-15(17(24)19(26-3)18(25-2)16(14)23)12-10-8-6-4-5-7-9-11-13-27-20(21)22/h20H,4-13H2,1-3H3. The molecule has 7 heteroatoms. The highest BCUT2D eigenvalue weighted by Gasteiger charge is 2.34. The number of Topliss-reactive ketones (excluding diaryl/α,β-unsaturated/α-hetero) is 2. The lowest BCUT2D eigenvalue weighted by molar-refractivity contribution is -0.129. The molecular formula is C20H30F2O5. The van der Waals surface area contributed by atoms with Gasteiger partial charge in [-0.15, -0.1) is 0 Å². The first-order valence-corrected chi connectivity index (χ1v) is 9.45. The van der Waals surface area contributed by atoms with Crippen molar-refractivity contribution in [3.63, 3.8) is 0 Å². The van der Waals surface area contributed by atoms with E-state index in [4.69, 9.17) is 9.47 Å². The van der Waals surface area contributed by atoms with Gasteiger partial charge in [0.25, 0.3) is 0 Å². The minimum atomic E-state index is -2.67. The molecule has 154 valence electrons. The summed E-state index contributed by atoms with van der Waals surface area (Å²) in [6.07, 6.45) is 8.06. The fraction of sp³-hybridized carbons (Fsp3) is 0.700. The van der Waals surface area contributed by atoms with Crippen molar-refractivity contribution >= 4 is 11.6 Å². The second-order valence-electron chi connectivity index (χ2n) is 6.54. The molecule has 0 unspecified atom stereocenters. The molecule has 0 atom stereocenters. The quantitative estimate of drug-likeness (QED) is 0.319. The lowest BCUT2D eigenvalue weighted by Crippen LogP contribution is -2.25. The van der Waals surface area contributed by atoms with E-state index in [2.05, 4.69) is 4.74 Å². The molecule has 0 aliphatic heterocycles. The highest BCUT2D eigenvalue weighted by Crippen LogP contribution is 2.28. The predicted octanol–water partition coefficient (Wildman–Crippen LogP) is 4.71. The van der Waals surface area contributed by atoms with Crippen LogP contribution < -0.4 is 0 Å². The maximum Gasteiger partial charge on any atom is 0.345 e. The summed E-state index contributed by atoms with van der Waals surface area (Å²) in [5.41, 5.74) is 0.945. The smallest absolute Gasteiger partial charge is 0.345 e. The topological polar surface area (TPSA) is 61.8 Å². The van der Waals surface area contributed by atoms with Crippen molar-refractivity contribution < 1.29 is 32.6 Å². The number of halogens is 2. The van der Waals surface area contributed by atoms with Crippen molar-refractivity contribution in [2.75, 3.05) is 20.8 Å². The molecule has 0 bridgehead atoms. The van der Waals surface area contributed by atoms with E-state index in [-0.39, 0.29) is 29.7 Å². The van der Waals surface area contributed by atoms with Crippen molar-refractivity contribution in [3.05, 3.63) is 22.7 Å². The Labute approximate surface area is 159 Å². The molecule has 0 N–H and O–H groups in total. The lowest BCUT2D eigenvalue weighted by atomic mass is 9.89. The average molecular weight is 388 g/mol. The molecule has 0 heterocycles. The average Bonchev–Trinajstić information content (AvgIpc) is 2.64. The number of hydrogen-bond donors (Lipinski definition) is 0. The van der Waals surface area contributed by atoms with Gasteiger partial charge in [-0.25, -0.2) is 0 Å². The van der Waals surface area contributed by atoms with Crippen LogP contribution in [0.4, 0.5) is 8.78 Å². The van der Waals surface area contributed by atoms with Crippen LogP contribution >= 0.6 is 0 Å². The molecular weight excluding hydrogens is 358 g/mol. The van der Waals surface area contributed by atoms with E-state index in [0.29, 0.717) is 24.0 Å². The first kappa shape index (κ1) is 23.3. The van der Waals surface area contributed by atoms with Crippen LogP contribution in [0.3, 0.4) is 0 Å². The maximum absolute atomic E-state index is 12.5. The third-order valence-electron chi connectivity index (χ3n) is 4.66. The van der Waals surface area contributed by atoms with Crippen molar-refractivity contribution in [2.24, 2.45) is 0 Å². The van der Waals surface area contributed by atoms with Crippen LogP contribution in [0.2, 0.25) is 0 Å². The van der Waals surface area contributed by atoms with E-state index < -0.39 is 6.61 Å². The van der Waals surface area contributed by atoms with Crippen molar-refractivity contribution in [2.45, 2.75) is 71.3 Å². The zero-order valence-corrected chi connectivity index (χ0v) is 16.4.